The van der Waals surface area contributed by atoms with Crippen molar-refractivity contribution in [2.24, 2.45) is 0 Å². The number of halogens is 5. The van der Waals surface area contributed by atoms with E-state index in [1.165, 1.54) is 22.3 Å². The first-order valence-corrected chi connectivity index (χ1v) is 7.89. The summed E-state index contributed by atoms with van der Waals surface area (Å²) in [6, 6.07) is 17.5. The third-order valence-corrected chi connectivity index (χ3v) is 2.65. The fourth-order valence-corrected chi connectivity index (χ4v) is 1.65. The first-order valence-electron chi connectivity index (χ1n) is 6.19. The van der Waals surface area contributed by atoms with E-state index in [0.29, 0.717) is 0 Å². The Bertz CT molecular complexity index is 507. The normalized spacial score (nSPS) is 12.8. The van der Waals surface area contributed by atoms with Crippen molar-refractivity contribution in [3.05, 3.63) is 70.8 Å². The van der Waals surface area contributed by atoms with Crippen molar-refractivity contribution in [1.29, 1.82) is 0 Å². The maximum atomic E-state index is 9.84. The first kappa shape index (κ1) is 17.6. The summed E-state index contributed by atoms with van der Waals surface area (Å²) in [6.07, 6.45) is 1.03. The van der Waals surface area contributed by atoms with E-state index in [1.807, 2.05) is 0 Å². The molecule has 116 valence electrons. The molecule has 0 atom stereocenters. The summed E-state index contributed by atoms with van der Waals surface area (Å²) in [5.74, 6) is 0. The predicted molar refractivity (Wildman–Crippen MR) is 77.6 cm³/mol. The van der Waals surface area contributed by atoms with Crippen LogP contribution in [0.4, 0.5) is 21.0 Å². The van der Waals surface area contributed by atoms with E-state index >= 15 is 0 Å². The SMILES string of the molecule is Cc1ccc(Cc2ccc(C)cc2)cc1.FP(F)(F)(F)F. The van der Waals surface area contributed by atoms with Gasteiger partial charge in [0.25, 0.3) is 0 Å². The molecule has 0 heterocycles. The van der Waals surface area contributed by atoms with Crippen LogP contribution in [0.3, 0.4) is 0 Å². The van der Waals surface area contributed by atoms with Gasteiger partial charge in [0.05, 0.1) is 0 Å². The summed E-state index contributed by atoms with van der Waals surface area (Å²) in [4.78, 5) is 0. The molecule has 2 aromatic rings. The Morgan fingerprint density at radius 1 is 0.619 bits per heavy atom. The van der Waals surface area contributed by atoms with E-state index in [0.717, 1.165) is 6.42 Å². The van der Waals surface area contributed by atoms with Gasteiger partial charge in [-0.25, -0.2) is 0 Å². The second kappa shape index (κ2) is 6.52. The van der Waals surface area contributed by atoms with Crippen molar-refractivity contribution in [2.45, 2.75) is 20.3 Å². The average Bonchev–Trinajstić information content (AvgIpc) is 2.32. The summed E-state index contributed by atoms with van der Waals surface area (Å²) in [7, 11) is -8.55. The fraction of sp³-hybridized carbons (Fsp3) is 0.200. The van der Waals surface area contributed by atoms with Crippen LogP contribution < -0.4 is 0 Å². The zero-order chi connectivity index (χ0) is 16.1. The molecular formula is C15H16F5P. The summed E-state index contributed by atoms with van der Waals surface area (Å²) in [6.45, 7) is 4.24. The molecule has 0 N–H and O–H groups in total. The summed E-state index contributed by atoms with van der Waals surface area (Å²) < 4.78 is 49.2. The van der Waals surface area contributed by atoms with Crippen molar-refractivity contribution in [3.63, 3.8) is 0 Å². The second-order valence-corrected chi connectivity index (χ2v) is 6.06. The van der Waals surface area contributed by atoms with Crippen LogP contribution in [0.25, 0.3) is 0 Å². The molecule has 0 aromatic heterocycles. The predicted octanol–water partition coefficient (Wildman–Crippen LogP) is 6.86. The van der Waals surface area contributed by atoms with Crippen LogP contribution in [0.1, 0.15) is 22.3 Å². The Hall–Kier alpha value is -1.48. The Balaban J connectivity index is 0.000000315. The van der Waals surface area contributed by atoms with Crippen molar-refractivity contribution < 1.29 is 21.0 Å². The molecule has 0 spiro atoms. The molecule has 21 heavy (non-hydrogen) atoms. The monoisotopic (exact) mass is 322 g/mol. The van der Waals surface area contributed by atoms with Crippen LogP contribution in [-0.2, 0) is 6.42 Å². The number of hydrogen-bond donors (Lipinski definition) is 0. The molecular weight excluding hydrogens is 306 g/mol. The molecule has 0 fully saturated rings. The minimum atomic E-state index is -8.55. The molecule has 0 aliphatic carbocycles. The van der Waals surface area contributed by atoms with E-state index in [4.69, 9.17) is 0 Å². The molecule has 0 unspecified atom stereocenters. The van der Waals surface area contributed by atoms with E-state index in [-0.39, 0.29) is 0 Å². The fourth-order valence-electron chi connectivity index (χ4n) is 1.65. The van der Waals surface area contributed by atoms with Crippen molar-refractivity contribution >= 4 is 8.16 Å². The van der Waals surface area contributed by atoms with Crippen molar-refractivity contribution in [2.75, 3.05) is 0 Å². The van der Waals surface area contributed by atoms with E-state index in [9.17, 15) is 21.0 Å². The summed E-state index contributed by atoms with van der Waals surface area (Å²) in [5.41, 5.74) is 5.40. The van der Waals surface area contributed by atoms with E-state index in [1.54, 1.807) is 0 Å². The van der Waals surface area contributed by atoms with E-state index in [2.05, 4.69) is 62.4 Å². The number of aryl methyl sites for hydroxylation is 2. The molecule has 0 aliphatic rings. The zero-order valence-electron chi connectivity index (χ0n) is 11.7. The maximum absolute atomic E-state index is 9.84. The number of rotatable bonds is 2. The second-order valence-electron chi connectivity index (χ2n) is 4.79. The van der Waals surface area contributed by atoms with Gasteiger partial charge in [0.1, 0.15) is 0 Å². The Morgan fingerprint density at radius 2 is 0.857 bits per heavy atom. The van der Waals surface area contributed by atoms with Gasteiger partial charge in [0, 0.05) is 0 Å². The molecule has 6 heteroatoms. The molecule has 0 saturated carbocycles. The number of hydrogen-bond acceptors (Lipinski definition) is 0. The zero-order valence-corrected chi connectivity index (χ0v) is 12.6. The van der Waals surface area contributed by atoms with Gasteiger partial charge in [-0.1, -0.05) is 59.7 Å². The van der Waals surface area contributed by atoms with Crippen molar-refractivity contribution in [3.8, 4) is 0 Å². The van der Waals surface area contributed by atoms with E-state index < -0.39 is 8.16 Å². The first-order chi connectivity index (χ1) is 9.47. The van der Waals surface area contributed by atoms with Gasteiger partial charge < -0.3 is 0 Å². The summed E-state index contributed by atoms with van der Waals surface area (Å²) in [5, 5.41) is 0. The van der Waals surface area contributed by atoms with Gasteiger partial charge in [-0.05, 0) is 31.4 Å². The Labute approximate surface area is 121 Å². The molecule has 0 nitrogen and oxygen atoms in total. The molecule has 2 aromatic carbocycles. The van der Waals surface area contributed by atoms with Gasteiger partial charge in [-0.15, -0.1) is 0 Å². The topological polar surface area (TPSA) is 0 Å². The van der Waals surface area contributed by atoms with Crippen LogP contribution >= 0.6 is 8.16 Å². The van der Waals surface area contributed by atoms with Crippen LogP contribution in [-0.4, -0.2) is 0 Å². The van der Waals surface area contributed by atoms with Gasteiger partial charge in [-0.3, -0.25) is 0 Å². The third kappa shape index (κ3) is 9.97. The van der Waals surface area contributed by atoms with Crippen LogP contribution in [0.5, 0.6) is 0 Å². The van der Waals surface area contributed by atoms with Gasteiger partial charge in [0.15, 0.2) is 0 Å². The molecule has 0 aliphatic heterocycles. The van der Waals surface area contributed by atoms with Crippen LogP contribution in [0.2, 0.25) is 0 Å². The average molecular weight is 322 g/mol. The van der Waals surface area contributed by atoms with Crippen LogP contribution in [0.15, 0.2) is 48.5 Å². The molecule has 2 rings (SSSR count). The molecule has 0 radical (unpaired) electrons. The minimum absolute atomic E-state index is 1.03. The molecule has 0 bridgehead atoms. The van der Waals surface area contributed by atoms with Crippen molar-refractivity contribution in [1.82, 2.24) is 0 Å². The Kier molecular flexibility index (Phi) is 5.46. The van der Waals surface area contributed by atoms with Gasteiger partial charge in [-0.2, -0.15) is 0 Å². The number of benzene rings is 2. The van der Waals surface area contributed by atoms with Gasteiger partial charge >= 0.3 is 29.1 Å². The third-order valence-electron chi connectivity index (χ3n) is 2.65. The van der Waals surface area contributed by atoms with Gasteiger partial charge in [0.2, 0.25) is 0 Å². The van der Waals surface area contributed by atoms with Crippen LogP contribution in [0, 0.1) is 13.8 Å². The molecule has 0 amide bonds. The molecule has 0 saturated heterocycles. The Morgan fingerprint density at radius 3 is 1.10 bits per heavy atom. The quantitative estimate of drug-likeness (QED) is 0.418. The standard InChI is InChI=1S/C15H16.F5P/c1-12-3-7-14(8-4-12)11-15-9-5-13(2)6-10-15;1-6(2,3,4)5/h3-10H,11H2,1-2H3;. The summed E-state index contributed by atoms with van der Waals surface area (Å²) >= 11 is 0.